The highest BCUT2D eigenvalue weighted by Gasteiger charge is 2.27. The minimum absolute atomic E-state index is 0.00318. The first kappa shape index (κ1) is 10.3. The second-order valence-corrected chi connectivity index (χ2v) is 4.44. The number of hydrogen-bond acceptors (Lipinski definition) is 6. The van der Waals surface area contributed by atoms with Crippen LogP contribution in [0.1, 0.15) is 19.3 Å². The van der Waals surface area contributed by atoms with Crippen LogP contribution in [-0.4, -0.2) is 22.1 Å². The van der Waals surface area contributed by atoms with Crippen molar-refractivity contribution in [2.45, 2.75) is 31.4 Å². The Kier molecular flexibility index (Phi) is 2.83. The van der Waals surface area contributed by atoms with Gasteiger partial charge in [-0.05, 0) is 30.6 Å². The SMILES string of the molecule is NC1CCCC1Oc1ncc([N+](=O)[O-])s1. The van der Waals surface area contributed by atoms with Gasteiger partial charge in [-0.2, -0.15) is 0 Å². The van der Waals surface area contributed by atoms with E-state index in [2.05, 4.69) is 4.98 Å². The van der Waals surface area contributed by atoms with Gasteiger partial charge in [0.05, 0.1) is 4.92 Å². The van der Waals surface area contributed by atoms with Gasteiger partial charge in [0.15, 0.2) is 0 Å². The van der Waals surface area contributed by atoms with Crippen LogP contribution in [0, 0.1) is 10.1 Å². The summed E-state index contributed by atoms with van der Waals surface area (Å²) in [6.07, 6.45) is 4.04. The van der Waals surface area contributed by atoms with Gasteiger partial charge in [0, 0.05) is 6.04 Å². The minimum Gasteiger partial charge on any atom is -0.465 e. The molecular formula is C8H11N3O3S. The molecule has 1 heterocycles. The highest BCUT2D eigenvalue weighted by atomic mass is 32.1. The van der Waals surface area contributed by atoms with E-state index >= 15 is 0 Å². The maximum absolute atomic E-state index is 10.4. The van der Waals surface area contributed by atoms with Crippen LogP contribution in [0.2, 0.25) is 0 Å². The Bertz CT molecular complexity index is 368. The fourth-order valence-electron chi connectivity index (χ4n) is 1.62. The Balaban J connectivity index is 2.01. The molecule has 0 aromatic carbocycles. The highest BCUT2D eigenvalue weighted by Crippen LogP contribution is 2.30. The molecule has 7 heteroatoms. The smallest absolute Gasteiger partial charge is 0.347 e. The van der Waals surface area contributed by atoms with Gasteiger partial charge in [0.1, 0.15) is 12.3 Å². The van der Waals surface area contributed by atoms with E-state index in [1.54, 1.807) is 0 Å². The molecule has 0 aliphatic heterocycles. The molecule has 2 rings (SSSR count). The molecule has 0 saturated heterocycles. The molecule has 2 N–H and O–H groups in total. The number of nitro groups is 1. The zero-order chi connectivity index (χ0) is 10.8. The van der Waals surface area contributed by atoms with Crippen molar-refractivity contribution in [2.24, 2.45) is 5.73 Å². The van der Waals surface area contributed by atoms with Crippen LogP contribution in [-0.2, 0) is 0 Å². The molecule has 6 nitrogen and oxygen atoms in total. The van der Waals surface area contributed by atoms with Crippen molar-refractivity contribution >= 4 is 16.3 Å². The zero-order valence-electron chi connectivity index (χ0n) is 7.96. The molecule has 1 aliphatic carbocycles. The summed E-state index contributed by atoms with van der Waals surface area (Å²) < 4.78 is 5.50. The average Bonchev–Trinajstić information content (AvgIpc) is 2.77. The van der Waals surface area contributed by atoms with Gasteiger partial charge in [0.25, 0.3) is 5.19 Å². The van der Waals surface area contributed by atoms with Crippen molar-refractivity contribution in [3.63, 3.8) is 0 Å². The molecule has 0 radical (unpaired) electrons. The average molecular weight is 229 g/mol. The fourth-order valence-corrected chi connectivity index (χ4v) is 2.26. The highest BCUT2D eigenvalue weighted by molar-refractivity contribution is 7.16. The summed E-state index contributed by atoms with van der Waals surface area (Å²) in [6, 6.07) is 0.0213. The van der Waals surface area contributed by atoms with Gasteiger partial charge in [-0.25, -0.2) is 4.98 Å². The van der Waals surface area contributed by atoms with Crippen LogP contribution in [0.25, 0.3) is 0 Å². The number of nitrogens with two attached hydrogens (primary N) is 1. The predicted octanol–water partition coefficient (Wildman–Crippen LogP) is 1.31. The van der Waals surface area contributed by atoms with Crippen LogP contribution < -0.4 is 10.5 Å². The number of hydrogen-bond donors (Lipinski definition) is 1. The van der Waals surface area contributed by atoms with E-state index in [1.807, 2.05) is 0 Å². The number of rotatable bonds is 3. The Morgan fingerprint density at radius 1 is 1.67 bits per heavy atom. The maximum atomic E-state index is 10.4. The van der Waals surface area contributed by atoms with E-state index in [0.717, 1.165) is 30.6 Å². The van der Waals surface area contributed by atoms with Crippen LogP contribution >= 0.6 is 11.3 Å². The fraction of sp³-hybridized carbons (Fsp3) is 0.625. The normalized spacial score (nSPS) is 25.4. The summed E-state index contributed by atoms with van der Waals surface area (Å²) in [5.74, 6) is 0. The Morgan fingerprint density at radius 3 is 3.00 bits per heavy atom. The van der Waals surface area contributed by atoms with Crippen molar-refractivity contribution in [2.75, 3.05) is 0 Å². The Labute approximate surface area is 90.2 Å². The zero-order valence-corrected chi connectivity index (χ0v) is 8.77. The molecule has 0 bridgehead atoms. The molecule has 1 aliphatic rings. The number of nitrogens with zero attached hydrogens (tertiary/aromatic N) is 2. The van der Waals surface area contributed by atoms with Crippen LogP contribution in [0.15, 0.2) is 6.20 Å². The first-order valence-electron chi connectivity index (χ1n) is 4.69. The van der Waals surface area contributed by atoms with Gasteiger partial charge in [-0.15, -0.1) is 0 Å². The Hall–Kier alpha value is -1.21. The van der Waals surface area contributed by atoms with Crippen molar-refractivity contribution in [3.8, 4) is 5.19 Å². The predicted molar refractivity (Wildman–Crippen MR) is 55.0 cm³/mol. The van der Waals surface area contributed by atoms with Gasteiger partial charge >= 0.3 is 5.00 Å². The van der Waals surface area contributed by atoms with E-state index in [4.69, 9.17) is 10.5 Å². The van der Waals surface area contributed by atoms with E-state index in [1.165, 1.54) is 6.20 Å². The molecule has 15 heavy (non-hydrogen) atoms. The first-order chi connectivity index (χ1) is 7.16. The quantitative estimate of drug-likeness (QED) is 0.623. The van der Waals surface area contributed by atoms with E-state index in [0.29, 0.717) is 5.19 Å². The summed E-state index contributed by atoms with van der Waals surface area (Å²) >= 11 is 0.942. The number of thiazole rings is 1. The van der Waals surface area contributed by atoms with Crippen molar-refractivity contribution in [3.05, 3.63) is 16.3 Å². The minimum atomic E-state index is -0.473. The molecule has 1 fully saturated rings. The standard InChI is InChI=1S/C8H11N3O3S/c9-5-2-1-3-6(5)14-8-10-4-7(15-8)11(12)13/h4-6H,1-3,9H2. The second kappa shape index (κ2) is 4.11. The molecular weight excluding hydrogens is 218 g/mol. The second-order valence-electron chi connectivity index (χ2n) is 3.47. The molecule has 2 unspecified atom stereocenters. The topological polar surface area (TPSA) is 91.3 Å². The maximum Gasteiger partial charge on any atom is 0.347 e. The third kappa shape index (κ3) is 2.24. The van der Waals surface area contributed by atoms with E-state index in [9.17, 15) is 10.1 Å². The monoisotopic (exact) mass is 229 g/mol. The molecule has 1 aromatic heterocycles. The summed E-state index contributed by atoms with van der Waals surface area (Å²) in [5, 5.41) is 10.7. The van der Waals surface area contributed by atoms with Crippen molar-refractivity contribution < 1.29 is 9.66 Å². The third-order valence-corrected chi connectivity index (χ3v) is 3.25. The van der Waals surface area contributed by atoms with E-state index < -0.39 is 4.92 Å². The van der Waals surface area contributed by atoms with Crippen LogP contribution in [0.4, 0.5) is 5.00 Å². The largest absolute Gasteiger partial charge is 0.465 e. The number of aromatic nitrogens is 1. The van der Waals surface area contributed by atoms with Gasteiger partial charge in [-0.3, -0.25) is 10.1 Å². The van der Waals surface area contributed by atoms with Gasteiger partial charge in [0.2, 0.25) is 0 Å². The Morgan fingerprint density at radius 2 is 2.47 bits per heavy atom. The molecule has 82 valence electrons. The summed E-state index contributed by atoms with van der Waals surface area (Å²) in [6.45, 7) is 0. The lowest BCUT2D eigenvalue weighted by Gasteiger charge is -2.14. The lowest BCUT2D eigenvalue weighted by atomic mass is 10.2. The first-order valence-corrected chi connectivity index (χ1v) is 5.51. The lowest BCUT2D eigenvalue weighted by molar-refractivity contribution is -0.380. The van der Waals surface area contributed by atoms with E-state index in [-0.39, 0.29) is 17.1 Å². The van der Waals surface area contributed by atoms with Crippen molar-refractivity contribution in [1.82, 2.24) is 4.98 Å². The molecule has 1 aromatic rings. The van der Waals surface area contributed by atoms with Crippen LogP contribution in [0.3, 0.4) is 0 Å². The summed E-state index contributed by atoms with van der Waals surface area (Å²) in [4.78, 5) is 13.8. The molecule has 2 atom stereocenters. The summed E-state index contributed by atoms with van der Waals surface area (Å²) in [5.41, 5.74) is 5.81. The number of ether oxygens (including phenoxy) is 1. The van der Waals surface area contributed by atoms with Gasteiger partial charge < -0.3 is 10.5 Å². The van der Waals surface area contributed by atoms with Gasteiger partial charge in [-0.1, -0.05) is 0 Å². The molecule has 1 saturated carbocycles. The summed E-state index contributed by atoms with van der Waals surface area (Å²) in [7, 11) is 0. The molecule has 0 amide bonds. The lowest BCUT2D eigenvalue weighted by Crippen LogP contribution is -2.33. The van der Waals surface area contributed by atoms with Crippen LogP contribution in [0.5, 0.6) is 5.19 Å². The molecule has 0 spiro atoms. The van der Waals surface area contributed by atoms with Crippen molar-refractivity contribution in [1.29, 1.82) is 0 Å². The third-order valence-electron chi connectivity index (χ3n) is 2.41.